The monoisotopic (exact) mass is 325 g/mol. The van der Waals surface area contributed by atoms with Crippen LogP contribution in [0, 0.1) is 10.1 Å². The second-order valence-electron chi connectivity index (χ2n) is 4.00. The van der Waals surface area contributed by atoms with E-state index in [0.29, 0.717) is 17.9 Å². The molecule has 0 aliphatic rings. The number of hydrogen-bond acceptors (Lipinski definition) is 5. The van der Waals surface area contributed by atoms with E-state index in [0.717, 1.165) is 4.47 Å². The third kappa shape index (κ3) is 3.36. The van der Waals surface area contributed by atoms with Crippen molar-refractivity contribution in [3.05, 3.63) is 50.5 Å². The number of halogens is 1. The predicted molar refractivity (Wildman–Crippen MR) is 72.4 cm³/mol. The smallest absolute Gasteiger partial charge is 0.273 e. The van der Waals surface area contributed by atoms with E-state index < -0.39 is 0 Å². The molecule has 0 amide bonds. The number of nitro benzene ring substituents is 1. The highest BCUT2D eigenvalue weighted by Gasteiger charge is 2.15. The molecule has 0 fully saturated rings. The summed E-state index contributed by atoms with van der Waals surface area (Å²) in [7, 11) is 0. The number of nitro groups is 1. The zero-order valence-electron chi connectivity index (χ0n) is 10.1. The molecule has 0 aliphatic carbocycles. The minimum absolute atomic E-state index is 0.0684. The van der Waals surface area contributed by atoms with E-state index in [2.05, 4.69) is 36.4 Å². The molecule has 1 aromatic heterocycles. The van der Waals surface area contributed by atoms with E-state index in [1.165, 1.54) is 12.4 Å². The summed E-state index contributed by atoms with van der Waals surface area (Å²) in [5.41, 5.74) is 0.714. The normalized spacial score (nSPS) is 12.3. The Kier molecular flexibility index (Phi) is 4.23. The molecular formula is C11H12BrN5O2. The maximum Gasteiger partial charge on any atom is 0.273 e. The molecule has 2 N–H and O–H groups in total. The maximum atomic E-state index is 10.9. The standard InChI is InChI=1S/C11H12BrN5O2/c1-7(11-14-6-15-16-11)13-5-8-4-9(12)2-3-10(8)17(18)19/h2-4,6-7,13H,5H2,1H3,(H,14,15,16). The van der Waals surface area contributed by atoms with E-state index in [1.54, 1.807) is 12.1 Å². The first-order chi connectivity index (χ1) is 9.08. The van der Waals surface area contributed by atoms with E-state index in [1.807, 2.05) is 6.92 Å². The Morgan fingerprint density at radius 2 is 2.37 bits per heavy atom. The van der Waals surface area contributed by atoms with Crippen LogP contribution in [-0.4, -0.2) is 20.1 Å². The molecule has 0 spiro atoms. The second kappa shape index (κ2) is 5.89. The van der Waals surface area contributed by atoms with Crippen molar-refractivity contribution in [1.29, 1.82) is 0 Å². The van der Waals surface area contributed by atoms with Gasteiger partial charge < -0.3 is 5.32 Å². The number of nitrogens with zero attached hydrogens (tertiary/aromatic N) is 3. The molecular weight excluding hydrogens is 314 g/mol. The van der Waals surface area contributed by atoms with Gasteiger partial charge in [-0.25, -0.2) is 4.98 Å². The Hall–Kier alpha value is -1.80. The molecule has 0 saturated heterocycles. The lowest BCUT2D eigenvalue weighted by atomic mass is 10.1. The molecule has 1 unspecified atom stereocenters. The van der Waals surface area contributed by atoms with Crippen molar-refractivity contribution in [2.45, 2.75) is 19.5 Å². The summed E-state index contributed by atoms with van der Waals surface area (Å²) >= 11 is 3.31. The molecule has 2 aromatic rings. The average Bonchev–Trinajstić information content (AvgIpc) is 2.89. The van der Waals surface area contributed by atoms with Crippen molar-refractivity contribution >= 4 is 21.6 Å². The van der Waals surface area contributed by atoms with Crippen LogP contribution in [0.4, 0.5) is 5.69 Å². The largest absolute Gasteiger partial charge is 0.303 e. The van der Waals surface area contributed by atoms with Crippen molar-refractivity contribution in [3.63, 3.8) is 0 Å². The summed E-state index contributed by atoms with van der Waals surface area (Å²) in [6.07, 6.45) is 1.43. The lowest BCUT2D eigenvalue weighted by molar-refractivity contribution is -0.385. The van der Waals surface area contributed by atoms with Crippen LogP contribution in [0.5, 0.6) is 0 Å². The van der Waals surface area contributed by atoms with Crippen LogP contribution >= 0.6 is 15.9 Å². The predicted octanol–water partition coefficient (Wildman–Crippen LogP) is 2.33. The Morgan fingerprint density at radius 1 is 1.58 bits per heavy atom. The van der Waals surface area contributed by atoms with Crippen LogP contribution in [0.25, 0.3) is 0 Å². The summed E-state index contributed by atoms with van der Waals surface area (Å²) in [6.45, 7) is 2.28. The lowest BCUT2D eigenvalue weighted by Gasteiger charge is -2.11. The Bertz CT molecular complexity index is 572. The van der Waals surface area contributed by atoms with Crippen molar-refractivity contribution in [2.24, 2.45) is 0 Å². The molecule has 0 aliphatic heterocycles. The van der Waals surface area contributed by atoms with Gasteiger partial charge in [0.15, 0.2) is 0 Å². The number of nitrogens with one attached hydrogen (secondary N) is 2. The summed E-state index contributed by atoms with van der Waals surface area (Å²) in [4.78, 5) is 14.6. The van der Waals surface area contributed by atoms with Crippen LogP contribution in [0.1, 0.15) is 24.4 Å². The highest BCUT2D eigenvalue weighted by atomic mass is 79.9. The minimum atomic E-state index is -0.386. The SMILES string of the molecule is CC(NCc1cc(Br)ccc1[N+](=O)[O-])c1ncn[nH]1. The van der Waals surface area contributed by atoms with Gasteiger partial charge in [-0.2, -0.15) is 5.10 Å². The van der Waals surface area contributed by atoms with Gasteiger partial charge >= 0.3 is 0 Å². The van der Waals surface area contributed by atoms with Gasteiger partial charge in [0.25, 0.3) is 5.69 Å². The van der Waals surface area contributed by atoms with E-state index in [9.17, 15) is 10.1 Å². The van der Waals surface area contributed by atoms with E-state index in [-0.39, 0.29) is 16.7 Å². The first-order valence-corrected chi connectivity index (χ1v) is 6.38. The highest BCUT2D eigenvalue weighted by Crippen LogP contribution is 2.23. The zero-order chi connectivity index (χ0) is 13.8. The van der Waals surface area contributed by atoms with Crippen LogP contribution in [0.2, 0.25) is 0 Å². The summed E-state index contributed by atoms with van der Waals surface area (Å²) in [5, 5.41) is 20.6. The quantitative estimate of drug-likeness (QED) is 0.649. The van der Waals surface area contributed by atoms with Crippen LogP contribution in [-0.2, 0) is 6.54 Å². The van der Waals surface area contributed by atoms with Crippen molar-refractivity contribution in [1.82, 2.24) is 20.5 Å². The molecule has 0 saturated carbocycles. The van der Waals surface area contributed by atoms with Gasteiger partial charge in [-0.05, 0) is 19.1 Å². The molecule has 7 nitrogen and oxygen atoms in total. The highest BCUT2D eigenvalue weighted by molar-refractivity contribution is 9.10. The number of hydrogen-bond donors (Lipinski definition) is 2. The molecule has 1 heterocycles. The summed E-state index contributed by atoms with van der Waals surface area (Å²) in [6, 6.07) is 4.81. The van der Waals surface area contributed by atoms with Crippen LogP contribution < -0.4 is 5.32 Å². The maximum absolute atomic E-state index is 10.9. The number of H-pyrrole nitrogens is 1. The van der Waals surface area contributed by atoms with Crippen molar-refractivity contribution in [3.8, 4) is 0 Å². The molecule has 1 atom stereocenters. The van der Waals surface area contributed by atoms with Gasteiger partial charge in [0.05, 0.1) is 11.0 Å². The Morgan fingerprint density at radius 3 is 3.00 bits per heavy atom. The van der Waals surface area contributed by atoms with Crippen LogP contribution in [0.3, 0.4) is 0 Å². The van der Waals surface area contributed by atoms with Crippen LogP contribution in [0.15, 0.2) is 29.0 Å². The van der Waals surface area contributed by atoms with E-state index >= 15 is 0 Å². The Balaban J connectivity index is 2.10. The van der Waals surface area contributed by atoms with Gasteiger partial charge in [-0.1, -0.05) is 15.9 Å². The molecule has 0 bridgehead atoms. The van der Waals surface area contributed by atoms with Crippen molar-refractivity contribution in [2.75, 3.05) is 0 Å². The van der Waals surface area contributed by atoms with Crippen molar-refractivity contribution < 1.29 is 4.92 Å². The fourth-order valence-electron chi connectivity index (χ4n) is 1.66. The molecule has 19 heavy (non-hydrogen) atoms. The number of aromatic amines is 1. The third-order valence-electron chi connectivity index (χ3n) is 2.68. The fourth-order valence-corrected chi connectivity index (χ4v) is 2.07. The summed E-state index contributed by atoms with van der Waals surface area (Å²) < 4.78 is 0.808. The number of rotatable bonds is 5. The van der Waals surface area contributed by atoms with E-state index in [4.69, 9.17) is 0 Å². The first-order valence-electron chi connectivity index (χ1n) is 5.59. The van der Waals surface area contributed by atoms with Gasteiger partial charge in [0.1, 0.15) is 12.2 Å². The first kappa shape index (κ1) is 13.6. The topological polar surface area (TPSA) is 96.7 Å². The average molecular weight is 326 g/mol. The molecule has 1 aromatic carbocycles. The number of aromatic nitrogens is 3. The molecule has 8 heteroatoms. The Labute approximate surface area is 117 Å². The lowest BCUT2D eigenvalue weighted by Crippen LogP contribution is -2.19. The third-order valence-corrected chi connectivity index (χ3v) is 3.17. The minimum Gasteiger partial charge on any atom is -0.303 e. The number of benzene rings is 1. The van der Waals surface area contributed by atoms with Gasteiger partial charge in [0.2, 0.25) is 0 Å². The van der Waals surface area contributed by atoms with Gasteiger partial charge in [-0.15, -0.1) is 0 Å². The molecule has 100 valence electrons. The van der Waals surface area contributed by atoms with Gasteiger partial charge in [0, 0.05) is 22.6 Å². The fraction of sp³-hybridized carbons (Fsp3) is 0.273. The summed E-state index contributed by atoms with van der Waals surface area (Å²) in [5.74, 6) is 0.692. The zero-order valence-corrected chi connectivity index (χ0v) is 11.7. The molecule has 0 radical (unpaired) electrons. The second-order valence-corrected chi connectivity index (χ2v) is 4.92. The molecule has 2 rings (SSSR count). The van der Waals surface area contributed by atoms with Gasteiger partial charge in [-0.3, -0.25) is 15.2 Å².